The molecular formula is C14H19BrN2O2. The van der Waals surface area contributed by atoms with Crippen LogP contribution in [0.2, 0.25) is 0 Å². The van der Waals surface area contributed by atoms with Gasteiger partial charge in [0.2, 0.25) is 0 Å². The van der Waals surface area contributed by atoms with Crippen molar-refractivity contribution in [2.75, 3.05) is 13.6 Å². The molecule has 2 N–H and O–H groups in total. The summed E-state index contributed by atoms with van der Waals surface area (Å²) in [5.41, 5.74) is 0.320. The summed E-state index contributed by atoms with van der Waals surface area (Å²) in [7, 11) is 2.10. The maximum Gasteiger partial charge on any atom is 0.255 e. The lowest BCUT2D eigenvalue weighted by Crippen LogP contribution is -2.47. The van der Waals surface area contributed by atoms with E-state index in [9.17, 15) is 9.90 Å². The van der Waals surface area contributed by atoms with Gasteiger partial charge in [-0.1, -0.05) is 15.9 Å². The van der Waals surface area contributed by atoms with Crippen LogP contribution in [-0.2, 0) is 0 Å². The molecule has 19 heavy (non-hydrogen) atoms. The molecule has 1 aliphatic rings. The number of phenols is 1. The van der Waals surface area contributed by atoms with Crippen LogP contribution in [0.5, 0.6) is 5.75 Å². The van der Waals surface area contributed by atoms with E-state index < -0.39 is 0 Å². The van der Waals surface area contributed by atoms with Crippen LogP contribution in [0.3, 0.4) is 0 Å². The fourth-order valence-electron chi connectivity index (χ4n) is 2.37. The molecule has 1 saturated heterocycles. The number of aromatic hydroxyl groups is 1. The van der Waals surface area contributed by atoms with Gasteiger partial charge < -0.3 is 15.3 Å². The Hall–Kier alpha value is -1.07. The molecule has 2 atom stereocenters. The number of phenolic OH excluding ortho intramolecular Hbond substituents is 1. The predicted molar refractivity (Wildman–Crippen MR) is 78.4 cm³/mol. The van der Waals surface area contributed by atoms with Gasteiger partial charge in [-0.2, -0.15) is 0 Å². The molecule has 1 fully saturated rings. The Balaban J connectivity index is 2.03. The van der Waals surface area contributed by atoms with Gasteiger partial charge in [-0.3, -0.25) is 4.79 Å². The SMILES string of the molecule is CC1CC(NC(=O)c2cc(Br)ccc2O)CCN1C. The molecule has 5 heteroatoms. The highest BCUT2D eigenvalue weighted by atomic mass is 79.9. The van der Waals surface area contributed by atoms with Crippen LogP contribution in [0.4, 0.5) is 0 Å². The van der Waals surface area contributed by atoms with Crippen LogP contribution in [0.15, 0.2) is 22.7 Å². The number of hydrogen-bond donors (Lipinski definition) is 2. The van der Waals surface area contributed by atoms with E-state index in [1.165, 1.54) is 6.07 Å². The van der Waals surface area contributed by atoms with Crippen molar-refractivity contribution in [3.05, 3.63) is 28.2 Å². The van der Waals surface area contributed by atoms with Crippen LogP contribution in [0, 0.1) is 0 Å². The summed E-state index contributed by atoms with van der Waals surface area (Å²) >= 11 is 3.31. The summed E-state index contributed by atoms with van der Waals surface area (Å²) in [6, 6.07) is 5.52. The Bertz CT molecular complexity index is 479. The Labute approximate surface area is 121 Å². The predicted octanol–water partition coefficient (Wildman–Crippen LogP) is 2.37. The third-order valence-electron chi connectivity index (χ3n) is 3.75. The van der Waals surface area contributed by atoms with Gasteiger partial charge in [0.15, 0.2) is 0 Å². The average molecular weight is 327 g/mol. The zero-order valence-electron chi connectivity index (χ0n) is 11.2. The topological polar surface area (TPSA) is 52.6 Å². The fraction of sp³-hybridized carbons (Fsp3) is 0.500. The van der Waals surface area contributed by atoms with Gasteiger partial charge >= 0.3 is 0 Å². The minimum atomic E-state index is -0.208. The number of nitrogens with one attached hydrogen (secondary N) is 1. The van der Waals surface area contributed by atoms with Crippen LogP contribution >= 0.6 is 15.9 Å². The monoisotopic (exact) mass is 326 g/mol. The Morgan fingerprint density at radius 1 is 1.53 bits per heavy atom. The standard InChI is InChI=1S/C14H19BrN2O2/c1-9-7-11(5-6-17(9)2)16-14(19)12-8-10(15)3-4-13(12)18/h3-4,8-9,11,18H,5-7H2,1-2H3,(H,16,19). The molecule has 0 radical (unpaired) electrons. The van der Waals surface area contributed by atoms with Gasteiger partial charge in [0.05, 0.1) is 5.56 Å². The third kappa shape index (κ3) is 3.48. The number of carbonyl (C=O) groups excluding carboxylic acids is 1. The highest BCUT2D eigenvalue weighted by Gasteiger charge is 2.24. The summed E-state index contributed by atoms with van der Waals surface area (Å²) < 4.78 is 0.784. The molecule has 1 aliphatic heterocycles. The number of benzene rings is 1. The highest BCUT2D eigenvalue weighted by Crippen LogP contribution is 2.23. The lowest BCUT2D eigenvalue weighted by atomic mass is 9.98. The molecule has 0 spiro atoms. The van der Waals surface area contributed by atoms with Crippen molar-refractivity contribution >= 4 is 21.8 Å². The van der Waals surface area contributed by atoms with E-state index in [0.29, 0.717) is 11.6 Å². The lowest BCUT2D eigenvalue weighted by molar-refractivity contribution is 0.0894. The molecule has 2 rings (SSSR count). The first-order chi connectivity index (χ1) is 8.97. The first-order valence-corrected chi connectivity index (χ1v) is 7.26. The van der Waals surface area contributed by atoms with Gasteiger partial charge in [-0.05, 0) is 45.0 Å². The van der Waals surface area contributed by atoms with Crippen molar-refractivity contribution in [1.82, 2.24) is 10.2 Å². The Kier molecular flexibility index (Phi) is 4.47. The average Bonchev–Trinajstić information content (AvgIpc) is 2.36. The number of carbonyl (C=O) groups is 1. The van der Waals surface area contributed by atoms with E-state index >= 15 is 0 Å². The molecule has 4 nitrogen and oxygen atoms in total. The summed E-state index contributed by atoms with van der Waals surface area (Å²) in [4.78, 5) is 14.5. The molecule has 104 valence electrons. The summed E-state index contributed by atoms with van der Waals surface area (Å²) in [5.74, 6) is -0.192. The van der Waals surface area contributed by atoms with E-state index in [1.807, 2.05) is 0 Å². The van der Waals surface area contributed by atoms with Gasteiger partial charge in [0.25, 0.3) is 5.91 Å². The summed E-state index contributed by atoms with van der Waals surface area (Å²) in [5, 5.41) is 12.7. The van der Waals surface area contributed by atoms with Gasteiger partial charge in [0, 0.05) is 23.1 Å². The van der Waals surface area contributed by atoms with Crippen LogP contribution in [0.1, 0.15) is 30.1 Å². The molecule has 2 unspecified atom stereocenters. The summed E-state index contributed by atoms with van der Waals surface area (Å²) in [6.45, 7) is 3.14. The van der Waals surface area contributed by atoms with Gasteiger partial charge in [-0.15, -0.1) is 0 Å². The number of rotatable bonds is 2. The number of nitrogens with zero attached hydrogens (tertiary/aromatic N) is 1. The Morgan fingerprint density at radius 2 is 2.26 bits per heavy atom. The smallest absolute Gasteiger partial charge is 0.255 e. The second-order valence-electron chi connectivity index (χ2n) is 5.19. The summed E-state index contributed by atoms with van der Waals surface area (Å²) in [6.07, 6.45) is 1.89. The first-order valence-electron chi connectivity index (χ1n) is 6.47. The van der Waals surface area contributed by atoms with E-state index in [0.717, 1.165) is 23.9 Å². The number of hydrogen-bond acceptors (Lipinski definition) is 3. The fourth-order valence-corrected chi connectivity index (χ4v) is 2.73. The largest absolute Gasteiger partial charge is 0.507 e. The number of likely N-dealkylation sites (tertiary alicyclic amines) is 1. The van der Waals surface area contributed by atoms with Crippen molar-refractivity contribution in [3.63, 3.8) is 0 Å². The highest BCUT2D eigenvalue weighted by molar-refractivity contribution is 9.10. The number of piperidine rings is 1. The normalized spacial score (nSPS) is 24.2. The molecular weight excluding hydrogens is 308 g/mol. The number of halogens is 1. The lowest BCUT2D eigenvalue weighted by Gasteiger charge is -2.35. The number of amides is 1. The third-order valence-corrected chi connectivity index (χ3v) is 4.24. The van der Waals surface area contributed by atoms with E-state index in [-0.39, 0.29) is 17.7 Å². The Morgan fingerprint density at radius 3 is 2.95 bits per heavy atom. The molecule has 0 aromatic heterocycles. The van der Waals surface area contributed by atoms with Crippen molar-refractivity contribution in [2.45, 2.75) is 31.8 Å². The quantitative estimate of drug-likeness (QED) is 0.877. The minimum absolute atomic E-state index is 0.0154. The zero-order valence-corrected chi connectivity index (χ0v) is 12.8. The molecule has 1 aromatic carbocycles. The maximum absolute atomic E-state index is 12.2. The van der Waals surface area contributed by atoms with Crippen molar-refractivity contribution in [3.8, 4) is 5.75 Å². The van der Waals surface area contributed by atoms with Crippen LogP contribution in [0.25, 0.3) is 0 Å². The molecule has 1 amide bonds. The van der Waals surface area contributed by atoms with Gasteiger partial charge in [-0.25, -0.2) is 0 Å². The molecule has 0 saturated carbocycles. The maximum atomic E-state index is 12.2. The van der Waals surface area contributed by atoms with Gasteiger partial charge in [0.1, 0.15) is 5.75 Å². The van der Waals surface area contributed by atoms with E-state index in [1.54, 1.807) is 12.1 Å². The molecule has 1 heterocycles. The van der Waals surface area contributed by atoms with Crippen molar-refractivity contribution in [1.29, 1.82) is 0 Å². The van der Waals surface area contributed by atoms with Crippen molar-refractivity contribution < 1.29 is 9.90 Å². The van der Waals surface area contributed by atoms with E-state index in [2.05, 4.69) is 40.1 Å². The minimum Gasteiger partial charge on any atom is -0.507 e. The van der Waals surface area contributed by atoms with Crippen LogP contribution in [-0.4, -0.2) is 41.6 Å². The first kappa shape index (κ1) is 14.3. The molecule has 0 bridgehead atoms. The van der Waals surface area contributed by atoms with Crippen LogP contribution < -0.4 is 5.32 Å². The molecule has 0 aliphatic carbocycles. The zero-order chi connectivity index (χ0) is 14.0. The molecule has 1 aromatic rings. The van der Waals surface area contributed by atoms with Crippen molar-refractivity contribution in [2.24, 2.45) is 0 Å². The second kappa shape index (κ2) is 5.92. The second-order valence-corrected chi connectivity index (χ2v) is 6.10. The van der Waals surface area contributed by atoms with E-state index in [4.69, 9.17) is 0 Å².